The Morgan fingerprint density at radius 3 is 1.28 bits per heavy atom. The van der Waals surface area contributed by atoms with Gasteiger partial charge in [0.1, 0.15) is 22.9 Å². The largest absolute Gasteiger partial charge is 0.278 e. The SMILES string of the molecule is C1=Cc2ccc(-c3cnc4c(c3)c3ccccc3n4-c3ccccn3)cc2C2(c3ccccc31)c1ccccc1-c1c2cc2ccc3cccc4ccc1c2c34.CC1(C)c2ccccc2-c2cc3c(cc21)-c1ccccc1C31c2ccccc2C=Cc2ccc(-c3cnc4c(c3)c3ccccc3n4-c3ccccn3)cc21. The van der Waals surface area contributed by atoms with Crippen LogP contribution < -0.4 is 0 Å². The van der Waals surface area contributed by atoms with E-state index in [0.29, 0.717) is 0 Å². The van der Waals surface area contributed by atoms with Crippen molar-refractivity contribution in [3.05, 3.63) is 418 Å². The third-order valence-electron chi connectivity index (χ3n) is 25.4. The lowest BCUT2D eigenvalue weighted by atomic mass is 9.65. The van der Waals surface area contributed by atoms with Gasteiger partial charge in [-0.15, -0.1) is 0 Å². The molecule has 0 saturated carbocycles. The molecule has 0 radical (unpaired) electrons. The molecule has 6 heterocycles. The first-order valence-electron chi connectivity index (χ1n) is 38.5. The quantitative estimate of drug-likeness (QED) is 0.165. The zero-order valence-electron chi connectivity index (χ0n) is 60.8. The maximum absolute atomic E-state index is 5.19. The number of nitrogens with zero attached hydrogens (tertiary/aromatic N) is 6. The molecule has 14 aromatic carbocycles. The van der Waals surface area contributed by atoms with Crippen molar-refractivity contribution in [2.45, 2.75) is 30.1 Å². The second kappa shape index (κ2) is 22.9. The number of hydrogen-bond donors (Lipinski definition) is 0. The maximum Gasteiger partial charge on any atom is 0.146 e. The van der Waals surface area contributed by atoms with Crippen LogP contribution in [-0.2, 0) is 16.2 Å². The summed E-state index contributed by atoms with van der Waals surface area (Å²) in [7, 11) is 0. The number of fused-ring (bicyclic) bond motifs is 28. The zero-order chi connectivity index (χ0) is 73.0. The summed E-state index contributed by atoms with van der Waals surface area (Å²) in [6.07, 6.45) is 17.0. The van der Waals surface area contributed by atoms with Gasteiger partial charge in [0, 0.05) is 62.9 Å². The van der Waals surface area contributed by atoms with Crippen LogP contribution in [0.3, 0.4) is 0 Å². The van der Waals surface area contributed by atoms with E-state index in [-0.39, 0.29) is 5.41 Å². The monoisotopic (exact) mass is 1410 g/mol. The van der Waals surface area contributed by atoms with E-state index >= 15 is 0 Å². The third kappa shape index (κ3) is 8.40. The van der Waals surface area contributed by atoms with Gasteiger partial charge in [-0.2, -0.15) is 0 Å². The van der Waals surface area contributed by atoms with E-state index in [0.717, 1.165) is 77.8 Å². The lowest BCUT2D eigenvalue weighted by Gasteiger charge is -2.36. The second-order valence-corrected chi connectivity index (χ2v) is 31.1. The normalized spacial score (nSPS) is 16.1. The summed E-state index contributed by atoms with van der Waals surface area (Å²) in [4.78, 5) is 19.8. The Hall–Kier alpha value is -14.2. The minimum absolute atomic E-state index is 0.0923. The summed E-state index contributed by atoms with van der Waals surface area (Å²) in [6, 6.07) is 117. The summed E-state index contributed by atoms with van der Waals surface area (Å²) in [5.74, 6) is 1.72. The number of rotatable bonds is 4. The molecule has 6 nitrogen and oxygen atoms in total. The first kappa shape index (κ1) is 61.9. The van der Waals surface area contributed by atoms with Crippen LogP contribution in [0, 0.1) is 0 Å². The average molecular weight is 1410 g/mol. The molecule has 0 aliphatic heterocycles. The molecule has 516 valence electrons. The van der Waals surface area contributed by atoms with Crippen LogP contribution >= 0.6 is 0 Å². The molecule has 0 fully saturated rings. The van der Waals surface area contributed by atoms with E-state index < -0.39 is 10.8 Å². The minimum Gasteiger partial charge on any atom is -0.278 e. The predicted molar refractivity (Wildman–Crippen MR) is 457 cm³/mol. The molecule has 5 aliphatic carbocycles. The molecule has 2 unspecified atom stereocenters. The first-order chi connectivity index (χ1) is 54.8. The highest BCUT2D eigenvalue weighted by molar-refractivity contribution is 6.27. The van der Waals surface area contributed by atoms with Gasteiger partial charge in [0.15, 0.2) is 0 Å². The topological polar surface area (TPSA) is 61.4 Å². The fourth-order valence-electron chi connectivity index (χ4n) is 20.7. The molecule has 2 spiro atoms. The molecular weight excluding hydrogens is 1350 g/mol. The lowest BCUT2D eigenvalue weighted by molar-refractivity contribution is 0.660. The average Bonchev–Trinajstić information content (AvgIpc) is 1.52. The van der Waals surface area contributed by atoms with Gasteiger partial charge in [-0.3, -0.25) is 9.13 Å². The van der Waals surface area contributed by atoms with Crippen LogP contribution in [0.2, 0.25) is 0 Å². The molecule has 0 N–H and O–H groups in total. The fraction of sp³-hybridized carbons (Fsp3) is 0.0476. The van der Waals surface area contributed by atoms with Crippen LogP contribution in [0.5, 0.6) is 0 Å². The zero-order valence-corrected chi connectivity index (χ0v) is 60.8. The van der Waals surface area contributed by atoms with Crippen LogP contribution in [0.4, 0.5) is 0 Å². The maximum atomic E-state index is 5.19. The summed E-state index contributed by atoms with van der Waals surface area (Å²) in [6.45, 7) is 4.76. The van der Waals surface area contributed by atoms with E-state index in [2.05, 4.69) is 326 Å². The van der Waals surface area contributed by atoms with Gasteiger partial charge in [0.25, 0.3) is 0 Å². The standard InChI is InChI=1S/C53H31N3.C52H35N3/c1-4-15-43-32(10-1)19-20-33-21-23-36(38-28-42-39-13-3-6-17-47(39)56(52(42)55-31-38)48-18-7-8-27-54-48)29-45(33)53(43)44-16-5-2-14-40(44)51-41-26-25-35-12-9-11-34-22-24-37(30-46(51)53)50(41)49(34)35;1-51(2)43-18-8-4-14-36(43)39-30-47-40(29-46(39)51)37-15-5-9-19-44(37)52(47)42-17-7-3-13-32(42)22-23-33-24-25-34(28-45(33)52)35-27-41-38-16-6-10-20-48(38)55(50(41)54-31-35)49-21-11-12-26-53-49/h1-31H;3-31H,1-2H3. The highest BCUT2D eigenvalue weighted by atomic mass is 15.1. The van der Waals surface area contributed by atoms with Crippen LogP contribution in [0.15, 0.2) is 340 Å². The Labute approximate surface area is 640 Å². The van der Waals surface area contributed by atoms with Gasteiger partial charge < -0.3 is 0 Å². The Kier molecular flexibility index (Phi) is 12.8. The molecule has 0 saturated heterocycles. The summed E-state index contributed by atoms with van der Waals surface area (Å²) >= 11 is 0. The molecule has 2 atom stereocenters. The Bertz CT molecular complexity index is 7480. The van der Waals surface area contributed by atoms with E-state index in [1.54, 1.807) is 0 Å². The van der Waals surface area contributed by atoms with Crippen molar-refractivity contribution in [3.8, 4) is 67.3 Å². The number of hydrogen-bond acceptors (Lipinski definition) is 4. The van der Waals surface area contributed by atoms with E-state index in [1.807, 2.05) is 61.2 Å². The fourth-order valence-corrected chi connectivity index (χ4v) is 20.7. The van der Waals surface area contributed by atoms with Crippen molar-refractivity contribution in [1.29, 1.82) is 0 Å². The molecule has 20 aromatic rings. The van der Waals surface area contributed by atoms with Crippen molar-refractivity contribution < 1.29 is 0 Å². The first-order valence-corrected chi connectivity index (χ1v) is 38.5. The molecule has 25 rings (SSSR count). The summed E-state index contributed by atoms with van der Waals surface area (Å²) in [5.41, 5.74) is 33.5. The third-order valence-corrected chi connectivity index (χ3v) is 25.4. The molecule has 0 amide bonds. The van der Waals surface area contributed by atoms with Crippen LogP contribution in [0.1, 0.15) is 91.7 Å². The van der Waals surface area contributed by atoms with Crippen molar-refractivity contribution in [1.82, 2.24) is 29.1 Å². The number of para-hydroxylation sites is 2. The summed E-state index contributed by atoms with van der Waals surface area (Å²) in [5, 5.41) is 12.4. The molecule has 0 bridgehead atoms. The van der Waals surface area contributed by atoms with Crippen molar-refractivity contribution in [2.24, 2.45) is 0 Å². The number of benzene rings is 14. The predicted octanol–water partition coefficient (Wildman–Crippen LogP) is 25.4. The smallest absolute Gasteiger partial charge is 0.146 e. The van der Waals surface area contributed by atoms with Crippen LogP contribution in [-0.4, -0.2) is 29.1 Å². The Morgan fingerprint density at radius 2 is 0.703 bits per heavy atom. The second-order valence-electron chi connectivity index (χ2n) is 31.1. The molecular formula is C105H66N6. The van der Waals surface area contributed by atoms with E-state index in [4.69, 9.17) is 19.9 Å². The van der Waals surface area contributed by atoms with Crippen LogP contribution in [0.25, 0.3) is 168 Å². The van der Waals surface area contributed by atoms with Gasteiger partial charge in [-0.05, 0) is 234 Å². The number of aromatic nitrogens is 6. The van der Waals surface area contributed by atoms with Crippen molar-refractivity contribution in [2.75, 3.05) is 0 Å². The Balaban J connectivity index is 0.000000129. The summed E-state index contributed by atoms with van der Waals surface area (Å²) < 4.78 is 4.35. The highest BCUT2D eigenvalue weighted by Gasteiger charge is 2.52. The molecule has 6 aromatic heterocycles. The van der Waals surface area contributed by atoms with Crippen molar-refractivity contribution in [3.63, 3.8) is 0 Å². The van der Waals surface area contributed by atoms with Gasteiger partial charge in [0.05, 0.1) is 21.9 Å². The van der Waals surface area contributed by atoms with Gasteiger partial charge in [-0.25, -0.2) is 19.9 Å². The van der Waals surface area contributed by atoms with Gasteiger partial charge in [0.2, 0.25) is 0 Å². The molecule has 6 heteroatoms. The lowest BCUT2D eigenvalue weighted by Crippen LogP contribution is -2.30. The molecule has 5 aliphatic rings. The van der Waals surface area contributed by atoms with Gasteiger partial charge in [-0.1, -0.05) is 275 Å². The Morgan fingerprint density at radius 1 is 0.252 bits per heavy atom. The van der Waals surface area contributed by atoms with Gasteiger partial charge >= 0.3 is 0 Å². The van der Waals surface area contributed by atoms with E-state index in [1.165, 1.54) is 144 Å². The number of pyridine rings is 4. The highest BCUT2D eigenvalue weighted by Crippen LogP contribution is 2.64. The minimum atomic E-state index is -0.561. The van der Waals surface area contributed by atoms with E-state index in [9.17, 15) is 0 Å². The van der Waals surface area contributed by atoms with Crippen molar-refractivity contribution >= 4 is 100 Å². The molecule has 111 heavy (non-hydrogen) atoms.